The summed E-state index contributed by atoms with van der Waals surface area (Å²) in [6.45, 7) is 11.6. The van der Waals surface area contributed by atoms with Gasteiger partial charge in [-0.2, -0.15) is 4.31 Å². The van der Waals surface area contributed by atoms with Crippen LogP contribution < -0.4 is 10.6 Å². The van der Waals surface area contributed by atoms with Crippen LogP contribution in [0, 0.1) is 0 Å². The third kappa shape index (κ3) is 6.50. The second-order valence-corrected chi connectivity index (χ2v) is 8.04. The van der Waals surface area contributed by atoms with Crippen LogP contribution >= 0.6 is 0 Å². The minimum Gasteiger partial charge on any atom is -0.373 e. The predicted octanol–water partition coefficient (Wildman–Crippen LogP) is 0.389. The number of nitrogens with zero attached hydrogens (tertiary/aromatic N) is 2. The monoisotopic (exact) mass is 334 g/mol. The van der Waals surface area contributed by atoms with Crippen LogP contribution in [0.25, 0.3) is 0 Å². The Morgan fingerprint density at radius 3 is 2.41 bits per heavy atom. The first kappa shape index (κ1) is 19.2. The number of ether oxygens (including phenoxy) is 1. The van der Waals surface area contributed by atoms with E-state index in [1.54, 1.807) is 0 Å². The number of guanidine groups is 1. The van der Waals surface area contributed by atoms with Crippen LogP contribution in [0.3, 0.4) is 0 Å². The van der Waals surface area contributed by atoms with Gasteiger partial charge in [-0.1, -0.05) is 0 Å². The van der Waals surface area contributed by atoms with Crippen molar-refractivity contribution < 1.29 is 13.2 Å². The van der Waals surface area contributed by atoms with Crippen LogP contribution in [0.4, 0.5) is 0 Å². The number of rotatable bonds is 6. The Hall–Kier alpha value is -0.860. The van der Waals surface area contributed by atoms with E-state index >= 15 is 0 Å². The van der Waals surface area contributed by atoms with Gasteiger partial charge in [0, 0.05) is 25.7 Å². The molecule has 0 aromatic heterocycles. The molecule has 2 unspecified atom stereocenters. The van der Waals surface area contributed by atoms with Gasteiger partial charge in [0.15, 0.2) is 5.96 Å². The molecular weight excluding hydrogens is 304 g/mol. The molecule has 1 aliphatic heterocycles. The van der Waals surface area contributed by atoms with E-state index in [0.717, 1.165) is 6.54 Å². The second-order valence-electron chi connectivity index (χ2n) is 5.95. The van der Waals surface area contributed by atoms with Crippen molar-refractivity contribution in [3.63, 3.8) is 0 Å². The minimum atomic E-state index is -3.30. The molecule has 1 rings (SSSR count). The lowest BCUT2D eigenvalue weighted by Gasteiger charge is -2.34. The van der Waals surface area contributed by atoms with Gasteiger partial charge in [-0.15, -0.1) is 0 Å². The topological polar surface area (TPSA) is 83.0 Å². The van der Waals surface area contributed by atoms with Gasteiger partial charge < -0.3 is 15.4 Å². The van der Waals surface area contributed by atoms with Crippen molar-refractivity contribution in [1.82, 2.24) is 14.9 Å². The molecule has 130 valence electrons. The minimum absolute atomic E-state index is 0.0150. The standard InChI is InChI=1S/C14H30N4O3S/c1-6-15-14(17-11(2)3)16-7-8-22(19,20)18-9-12(4)21-13(5)10-18/h11-13H,6-10H2,1-5H3,(H2,15,16,17). The maximum atomic E-state index is 12.4. The lowest BCUT2D eigenvalue weighted by atomic mass is 10.3. The van der Waals surface area contributed by atoms with E-state index in [4.69, 9.17) is 4.74 Å². The molecule has 2 atom stereocenters. The lowest BCUT2D eigenvalue weighted by Crippen LogP contribution is -2.49. The van der Waals surface area contributed by atoms with Crippen LogP contribution in [0.15, 0.2) is 4.99 Å². The van der Waals surface area contributed by atoms with E-state index in [0.29, 0.717) is 19.0 Å². The third-order valence-electron chi connectivity index (χ3n) is 3.17. The predicted molar refractivity (Wildman–Crippen MR) is 89.6 cm³/mol. The largest absolute Gasteiger partial charge is 0.373 e. The van der Waals surface area contributed by atoms with Crippen LogP contribution in [0.1, 0.15) is 34.6 Å². The number of sulfonamides is 1. The van der Waals surface area contributed by atoms with E-state index in [1.165, 1.54) is 4.31 Å². The number of morpholine rings is 1. The van der Waals surface area contributed by atoms with Crippen molar-refractivity contribution in [3.8, 4) is 0 Å². The van der Waals surface area contributed by atoms with Gasteiger partial charge in [-0.05, 0) is 34.6 Å². The molecule has 0 amide bonds. The summed E-state index contributed by atoms with van der Waals surface area (Å²) < 4.78 is 31.9. The Bertz CT molecular complexity index is 455. The van der Waals surface area contributed by atoms with Gasteiger partial charge in [0.25, 0.3) is 0 Å². The molecular formula is C14H30N4O3S. The van der Waals surface area contributed by atoms with Crippen LogP contribution in [-0.2, 0) is 14.8 Å². The summed E-state index contributed by atoms with van der Waals surface area (Å²) in [5.41, 5.74) is 0. The van der Waals surface area contributed by atoms with Gasteiger partial charge in [0.1, 0.15) is 0 Å². The zero-order valence-corrected chi connectivity index (χ0v) is 15.1. The Labute approximate surface area is 134 Å². The first-order chi connectivity index (χ1) is 10.2. The molecule has 0 aromatic carbocycles. The number of hydrogen-bond acceptors (Lipinski definition) is 4. The Morgan fingerprint density at radius 2 is 1.91 bits per heavy atom. The number of aliphatic imine (C=N–C) groups is 1. The highest BCUT2D eigenvalue weighted by atomic mass is 32.2. The van der Waals surface area contributed by atoms with E-state index in [1.807, 2.05) is 34.6 Å². The lowest BCUT2D eigenvalue weighted by molar-refractivity contribution is -0.0440. The molecule has 7 nitrogen and oxygen atoms in total. The van der Waals surface area contributed by atoms with Gasteiger partial charge in [0.05, 0.1) is 24.5 Å². The van der Waals surface area contributed by atoms with Gasteiger partial charge in [0.2, 0.25) is 10.0 Å². The molecule has 0 aromatic rings. The highest BCUT2D eigenvalue weighted by Crippen LogP contribution is 2.14. The van der Waals surface area contributed by atoms with Crippen molar-refractivity contribution in [2.45, 2.75) is 52.9 Å². The molecule has 0 radical (unpaired) electrons. The van der Waals surface area contributed by atoms with Crippen LogP contribution in [0.2, 0.25) is 0 Å². The second kappa shape index (κ2) is 8.69. The Balaban J connectivity index is 2.60. The smallest absolute Gasteiger partial charge is 0.216 e. The SMILES string of the molecule is CCNC(=NCCS(=O)(=O)N1CC(C)OC(C)C1)NC(C)C. The van der Waals surface area contributed by atoms with Crippen molar-refractivity contribution >= 4 is 16.0 Å². The summed E-state index contributed by atoms with van der Waals surface area (Å²) in [7, 11) is -3.30. The summed E-state index contributed by atoms with van der Waals surface area (Å²) in [6.07, 6.45) is -0.135. The molecule has 0 bridgehead atoms. The Kier molecular flexibility index (Phi) is 7.58. The number of nitrogens with one attached hydrogen (secondary N) is 2. The summed E-state index contributed by atoms with van der Waals surface area (Å²) in [5.74, 6) is 0.664. The molecule has 0 aliphatic carbocycles. The molecule has 1 saturated heterocycles. The first-order valence-corrected chi connectivity index (χ1v) is 9.53. The van der Waals surface area contributed by atoms with Gasteiger partial charge >= 0.3 is 0 Å². The quantitative estimate of drug-likeness (QED) is 0.542. The zero-order valence-electron chi connectivity index (χ0n) is 14.3. The maximum Gasteiger partial charge on any atom is 0.216 e. The highest BCUT2D eigenvalue weighted by Gasteiger charge is 2.30. The summed E-state index contributed by atoms with van der Waals surface area (Å²) in [5, 5.41) is 6.28. The van der Waals surface area contributed by atoms with Gasteiger partial charge in [-0.3, -0.25) is 4.99 Å². The zero-order chi connectivity index (χ0) is 16.8. The summed E-state index contributed by atoms with van der Waals surface area (Å²) in [6, 6.07) is 0.246. The van der Waals surface area contributed by atoms with E-state index in [-0.39, 0.29) is 30.5 Å². The molecule has 8 heteroatoms. The van der Waals surface area contributed by atoms with Crippen molar-refractivity contribution in [1.29, 1.82) is 0 Å². The molecule has 1 aliphatic rings. The molecule has 2 N–H and O–H groups in total. The molecule has 1 fully saturated rings. The van der Waals surface area contributed by atoms with Crippen molar-refractivity contribution in [3.05, 3.63) is 0 Å². The molecule has 1 heterocycles. The normalized spacial score (nSPS) is 24.5. The van der Waals surface area contributed by atoms with E-state index in [2.05, 4.69) is 15.6 Å². The van der Waals surface area contributed by atoms with E-state index in [9.17, 15) is 8.42 Å². The fraction of sp³-hybridized carbons (Fsp3) is 0.929. The molecule has 0 spiro atoms. The highest BCUT2D eigenvalue weighted by molar-refractivity contribution is 7.89. The average molecular weight is 334 g/mol. The third-order valence-corrected chi connectivity index (χ3v) is 4.95. The molecule has 0 saturated carbocycles. The Morgan fingerprint density at radius 1 is 1.32 bits per heavy atom. The van der Waals surface area contributed by atoms with Crippen LogP contribution in [0.5, 0.6) is 0 Å². The summed E-state index contributed by atoms with van der Waals surface area (Å²) >= 11 is 0. The van der Waals surface area contributed by atoms with Crippen LogP contribution in [-0.4, -0.2) is 68.9 Å². The number of hydrogen-bond donors (Lipinski definition) is 2. The van der Waals surface area contributed by atoms with Crippen molar-refractivity contribution in [2.24, 2.45) is 4.99 Å². The van der Waals surface area contributed by atoms with E-state index < -0.39 is 10.0 Å². The van der Waals surface area contributed by atoms with Gasteiger partial charge in [-0.25, -0.2) is 8.42 Å². The molecule has 22 heavy (non-hydrogen) atoms. The fourth-order valence-electron chi connectivity index (χ4n) is 2.35. The summed E-state index contributed by atoms with van der Waals surface area (Å²) in [4.78, 5) is 4.33. The maximum absolute atomic E-state index is 12.4. The fourth-order valence-corrected chi connectivity index (χ4v) is 3.81. The average Bonchev–Trinajstić information content (AvgIpc) is 2.36. The van der Waals surface area contributed by atoms with Crippen molar-refractivity contribution in [2.75, 3.05) is 31.9 Å². The first-order valence-electron chi connectivity index (χ1n) is 7.92.